The minimum atomic E-state index is 0.464. The van der Waals surface area contributed by atoms with Crippen molar-refractivity contribution in [3.05, 3.63) is 132 Å². The molecule has 0 spiro atoms. The molecule has 0 unspecified atom stereocenters. The summed E-state index contributed by atoms with van der Waals surface area (Å²) in [4.78, 5) is 3.15. The van der Waals surface area contributed by atoms with Crippen LogP contribution in [0, 0.1) is 60.0 Å². The van der Waals surface area contributed by atoms with Gasteiger partial charge in [0.25, 0.3) is 0 Å². The molecule has 2 fully saturated rings. The fraction of sp³-hybridized carbons (Fsp3) is 0.154. The zero-order valence-electron chi connectivity index (χ0n) is 16.2. The third kappa shape index (κ3) is 4.79. The van der Waals surface area contributed by atoms with E-state index in [0.717, 1.165) is 0 Å². The molecule has 0 amide bonds. The molecule has 2 saturated carbocycles. The van der Waals surface area contributed by atoms with Crippen LogP contribution in [0.4, 0.5) is 0 Å². The van der Waals surface area contributed by atoms with Gasteiger partial charge in [0.15, 0.2) is 0 Å². The van der Waals surface area contributed by atoms with Gasteiger partial charge in [0, 0.05) is 0 Å². The molecule has 0 bridgehead atoms. The van der Waals surface area contributed by atoms with E-state index in [0.29, 0.717) is 38.1 Å². The van der Waals surface area contributed by atoms with Crippen molar-refractivity contribution >= 4 is 26.3 Å². The predicted octanol–water partition coefficient (Wildman–Crippen LogP) is 5.38. The van der Waals surface area contributed by atoms with Crippen LogP contribution < -0.4 is 0 Å². The van der Waals surface area contributed by atoms with Crippen LogP contribution in [-0.4, -0.2) is 26.3 Å². The molecule has 2 aromatic rings. The summed E-state index contributed by atoms with van der Waals surface area (Å²) in [7, 11) is 0. The first-order valence-corrected chi connectivity index (χ1v) is 15.7. The summed E-state index contributed by atoms with van der Waals surface area (Å²) in [5.41, 5.74) is 2.81. The standard InChI is InChI=1S/C26H24Se2/c1-19(21-11-5-3-6-12-21)23-15-9-17-25(23)27-28-26-18-10-16-24(26)20(2)22-13-7-4-8-14-22/h3-20H,1-2H3/t19-,20-/m1/s1. The van der Waals surface area contributed by atoms with Crippen LogP contribution in [0.1, 0.15) is 36.8 Å². The Balaban J connectivity index is 1.36. The summed E-state index contributed by atoms with van der Waals surface area (Å²) in [6.07, 6.45) is 13.8. The van der Waals surface area contributed by atoms with E-state index in [4.69, 9.17) is 0 Å². The first kappa shape index (κ1) is 20.7. The van der Waals surface area contributed by atoms with Gasteiger partial charge in [-0.3, -0.25) is 0 Å². The summed E-state index contributed by atoms with van der Waals surface area (Å²) in [5.74, 6) is 3.95. The van der Waals surface area contributed by atoms with E-state index in [2.05, 4.69) is 113 Å². The summed E-state index contributed by atoms with van der Waals surface area (Å²) in [5, 5.41) is 0. The molecule has 2 aromatic carbocycles. The van der Waals surface area contributed by atoms with Crippen molar-refractivity contribution in [2.45, 2.75) is 25.7 Å². The maximum absolute atomic E-state index is 2.35. The first-order valence-electron chi connectivity index (χ1n) is 9.69. The predicted molar refractivity (Wildman–Crippen MR) is 120 cm³/mol. The zero-order chi connectivity index (χ0) is 19.3. The van der Waals surface area contributed by atoms with E-state index in [-0.39, 0.29) is 0 Å². The summed E-state index contributed by atoms with van der Waals surface area (Å²) < 4.78 is 0. The Morgan fingerprint density at radius 3 is 1.32 bits per heavy atom. The molecule has 0 nitrogen and oxygen atoms in total. The van der Waals surface area contributed by atoms with E-state index >= 15 is 0 Å². The van der Waals surface area contributed by atoms with Gasteiger partial charge in [-0.2, -0.15) is 0 Å². The third-order valence-corrected chi connectivity index (χ3v) is 12.7. The first-order chi connectivity index (χ1) is 13.7. The van der Waals surface area contributed by atoms with Gasteiger partial charge in [0.2, 0.25) is 0 Å². The van der Waals surface area contributed by atoms with Gasteiger partial charge < -0.3 is 0 Å². The van der Waals surface area contributed by atoms with Gasteiger partial charge in [-0.25, -0.2) is 0 Å². The summed E-state index contributed by atoms with van der Waals surface area (Å²) >= 11 is 1.02. The van der Waals surface area contributed by atoms with Crippen molar-refractivity contribution in [2.24, 2.45) is 0 Å². The van der Waals surface area contributed by atoms with Crippen molar-refractivity contribution in [3.63, 3.8) is 0 Å². The molecule has 0 saturated heterocycles. The molecule has 140 valence electrons. The Morgan fingerprint density at radius 2 is 0.929 bits per heavy atom. The molecular weight excluding hydrogens is 470 g/mol. The molecule has 2 aliphatic carbocycles. The van der Waals surface area contributed by atoms with Crippen LogP contribution in [-0.2, 0) is 0 Å². The van der Waals surface area contributed by atoms with Crippen molar-refractivity contribution in [1.29, 1.82) is 0 Å². The molecule has 2 atom stereocenters. The fourth-order valence-electron chi connectivity index (χ4n) is 3.63. The maximum atomic E-state index is 2.35. The quantitative estimate of drug-likeness (QED) is 0.454. The Kier molecular flexibility index (Phi) is 7.40. The fourth-order valence-corrected chi connectivity index (χ4v) is 11.3. The molecule has 0 N–H and O–H groups in total. The molecule has 28 heavy (non-hydrogen) atoms. The van der Waals surface area contributed by atoms with Gasteiger partial charge in [-0.1, -0.05) is 0 Å². The van der Waals surface area contributed by atoms with Crippen LogP contribution in [0.15, 0.2) is 60.7 Å². The number of hydrogen-bond acceptors (Lipinski definition) is 0. The third-order valence-electron chi connectivity index (χ3n) is 5.37. The SMILES string of the molecule is C[C@@H]([C]1[CH][CH][CH][C]1[Se][Se][C]1[CH][CH][CH][C]1[C@H](C)c1ccccc1)c1ccccc1. The number of benzene rings is 2. The normalized spacial score (nSPS) is 21.9. The second-order valence-electron chi connectivity index (χ2n) is 7.12. The second-order valence-corrected chi connectivity index (χ2v) is 13.3. The van der Waals surface area contributed by atoms with Crippen LogP contribution >= 0.6 is 0 Å². The zero-order valence-corrected chi connectivity index (χ0v) is 19.6. The topological polar surface area (TPSA) is 0 Å². The Bertz CT molecular complexity index is 650. The summed E-state index contributed by atoms with van der Waals surface area (Å²) in [6.45, 7) is 4.67. The molecule has 0 aliphatic heterocycles. The summed E-state index contributed by atoms with van der Waals surface area (Å²) in [6, 6.07) is 21.8. The monoisotopic (exact) mass is 496 g/mol. The van der Waals surface area contributed by atoms with Gasteiger partial charge in [-0.05, 0) is 0 Å². The average Bonchev–Trinajstić information content (AvgIpc) is 3.41. The molecule has 4 rings (SSSR count). The number of hydrogen-bond donors (Lipinski definition) is 0. The Labute approximate surface area is 183 Å². The molecular formula is C26H24Se2. The Morgan fingerprint density at radius 1 is 0.536 bits per heavy atom. The molecule has 10 radical (unpaired) electrons. The number of rotatable bonds is 7. The van der Waals surface area contributed by atoms with Crippen LogP contribution in [0.5, 0.6) is 0 Å². The van der Waals surface area contributed by atoms with Gasteiger partial charge in [-0.15, -0.1) is 0 Å². The van der Waals surface area contributed by atoms with Gasteiger partial charge in [0.05, 0.1) is 0 Å². The van der Waals surface area contributed by atoms with E-state index in [1.807, 2.05) is 0 Å². The van der Waals surface area contributed by atoms with Crippen LogP contribution in [0.25, 0.3) is 0 Å². The van der Waals surface area contributed by atoms with E-state index in [1.54, 1.807) is 9.63 Å². The van der Waals surface area contributed by atoms with Crippen LogP contribution in [0.3, 0.4) is 0 Å². The molecule has 2 aliphatic rings. The second kappa shape index (κ2) is 9.99. The van der Waals surface area contributed by atoms with E-state index in [1.165, 1.54) is 23.0 Å². The van der Waals surface area contributed by atoms with Gasteiger partial charge >= 0.3 is 184 Å². The van der Waals surface area contributed by atoms with Crippen molar-refractivity contribution in [3.8, 4) is 0 Å². The van der Waals surface area contributed by atoms with Gasteiger partial charge in [0.1, 0.15) is 0 Å². The van der Waals surface area contributed by atoms with Crippen LogP contribution in [0.2, 0.25) is 0 Å². The molecule has 2 heteroatoms. The molecule has 0 aromatic heterocycles. The van der Waals surface area contributed by atoms with Crippen molar-refractivity contribution < 1.29 is 0 Å². The van der Waals surface area contributed by atoms with E-state index < -0.39 is 0 Å². The van der Waals surface area contributed by atoms with Crippen molar-refractivity contribution in [1.82, 2.24) is 0 Å². The van der Waals surface area contributed by atoms with Crippen molar-refractivity contribution in [2.75, 3.05) is 0 Å². The molecule has 0 heterocycles. The average molecular weight is 494 g/mol. The van der Waals surface area contributed by atoms with E-state index in [9.17, 15) is 0 Å². The Hall–Kier alpha value is -0.521. The minimum absolute atomic E-state index is 0.464.